The van der Waals surface area contributed by atoms with Crippen LogP contribution < -0.4 is 27.3 Å². The maximum absolute atomic E-state index is 2.44. The molecule has 0 fully saturated rings. The molecule has 6 heteroatoms. The number of fused-ring (bicyclic) bond motifs is 5. The van der Waals surface area contributed by atoms with Crippen LogP contribution in [0.2, 0.25) is 0 Å². The van der Waals surface area contributed by atoms with Crippen LogP contribution in [0.5, 0.6) is 0 Å². The summed E-state index contributed by atoms with van der Waals surface area (Å²) in [5.41, 5.74) is 17.2. The molecule has 0 radical (unpaired) electrons. The Morgan fingerprint density at radius 3 is 1.42 bits per heavy atom. The highest BCUT2D eigenvalue weighted by Gasteiger charge is 2.22. The van der Waals surface area contributed by atoms with Gasteiger partial charge in [-0.1, -0.05) is 132 Å². The van der Waals surface area contributed by atoms with Crippen molar-refractivity contribution in [3.05, 3.63) is 140 Å². The average molecular weight is 648 g/mol. The van der Waals surface area contributed by atoms with Gasteiger partial charge in [0.05, 0.1) is 0 Å². The largest absolute Gasteiger partial charge is 0.139 e. The molecule has 0 saturated carbocycles. The minimum atomic E-state index is 1.24. The summed E-state index contributed by atoms with van der Waals surface area (Å²) >= 11 is 1.88. The van der Waals surface area contributed by atoms with E-state index in [1.807, 2.05) is 11.3 Å². The van der Waals surface area contributed by atoms with Crippen LogP contribution in [-0.2, 0) is 0 Å². The lowest BCUT2D eigenvalue weighted by molar-refractivity contribution is 1.61. The predicted octanol–water partition coefficient (Wildman–Crippen LogP) is 4.32. The Morgan fingerprint density at radius 2 is 0.800 bits per heavy atom. The second kappa shape index (κ2) is 12.0. The lowest BCUT2D eigenvalue weighted by Crippen LogP contribution is -2.55. The molecule has 9 rings (SSSR count). The van der Waals surface area contributed by atoms with Crippen LogP contribution in [-0.4, -0.2) is 39.2 Å². The van der Waals surface area contributed by atoms with Crippen LogP contribution in [0.25, 0.3) is 86.2 Å². The zero-order chi connectivity index (χ0) is 34.1. The Balaban J connectivity index is 1.37. The Bertz CT molecular complexity index is 2730. The van der Waals surface area contributed by atoms with Crippen LogP contribution >= 0.6 is 11.3 Å². The van der Waals surface area contributed by atoms with E-state index in [1.165, 1.54) is 114 Å². The van der Waals surface area contributed by atoms with Crippen molar-refractivity contribution in [1.29, 1.82) is 0 Å². The summed E-state index contributed by atoms with van der Waals surface area (Å²) in [5.74, 6) is 0. The van der Waals surface area contributed by atoms with Crippen molar-refractivity contribution in [2.75, 3.05) is 0 Å². The van der Waals surface area contributed by atoms with Gasteiger partial charge >= 0.3 is 0 Å². The molecular formula is C44H33B5S. The number of hydrogen-bond donors (Lipinski definition) is 0. The molecule has 8 aromatic carbocycles. The third-order valence-electron chi connectivity index (χ3n) is 11.2. The maximum Gasteiger partial charge on any atom is 0.139 e. The SMILES string of the molecule is Bc1c(B)c(B)c(-c2c3ccccc3c(-c3cccc(-c4c(-c5ccccc5)ccc5sc6ccccc6c45)c3)c3ccccc23)c(B)c1B. The highest BCUT2D eigenvalue weighted by Crippen LogP contribution is 2.47. The molecule has 50 heavy (non-hydrogen) atoms. The molecular weight excluding hydrogens is 615 g/mol. The third-order valence-corrected chi connectivity index (χ3v) is 12.4. The lowest BCUT2D eigenvalue weighted by atomic mass is 9.59. The van der Waals surface area contributed by atoms with Gasteiger partial charge in [-0.2, -0.15) is 0 Å². The van der Waals surface area contributed by atoms with E-state index in [1.54, 1.807) is 0 Å². The molecule has 0 unspecified atom stereocenters. The number of thiophene rings is 1. The summed E-state index contributed by atoms with van der Waals surface area (Å²) in [6, 6.07) is 51.8. The first-order valence-corrected chi connectivity index (χ1v) is 18.3. The van der Waals surface area contributed by atoms with Crippen LogP contribution in [0.3, 0.4) is 0 Å². The lowest BCUT2D eigenvalue weighted by Gasteiger charge is -2.24. The van der Waals surface area contributed by atoms with E-state index >= 15 is 0 Å². The second-order valence-corrected chi connectivity index (χ2v) is 14.8. The highest BCUT2D eigenvalue weighted by molar-refractivity contribution is 7.26. The van der Waals surface area contributed by atoms with Gasteiger partial charge in [-0.25, -0.2) is 0 Å². The fourth-order valence-electron chi connectivity index (χ4n) is 8.39. The van der Waals surface area contributed by atoms with Crippen molar-refractivity contribution >= 4 is 120 Å². The summed E-state index contributed by atoms with van der Waals surface area (Å²) in [5, 5.41) is 7.84. The molecule has 0 saturated heterocycles. The van der Waals surface area contributed by atoms with Crippen LogP contribution in [0.15, 0.2) is 140 Å². The van der Waals surface area contributed by atoms with Gasteiger partial charge in [0.1, 0.15) is 39.2 Å². The van der Waals surface area contributed by atoms with Gasteiger partial charge in [0, 0.05) is 20.2 Å². The molecule has 0 atom stereocenters. The van der Waals surface area contributed by atoms with E-state index in [0.717, 1.165) is 0 Å². The average Bonchev–Trinajstić information content (AvgIpc) is 3.55. The van der Waals surface area contributed by atoms with Crippen molar-refractivity contribution in [3.8, 4) is 44.5 Å². The van der Waals surface area contributed by atoms with E-state index < -0.39 is 0 Å². The summed E-state index contributed by atoms with van der Waals surface area (Å²) in [7, 11) is 11.5. The summed E-state index contributed by atoms with van der Waals surface area (Å²) in [6.07, 6.45) is 0. The van der Waals surface area contributed by atoms with E-state index in [9.17, 15) is 0 Å². The van der Waals surface area contributed by atoms with E-state index in [2.05, 4.69) is 179 Å². The van der Waals surface area contributed by atoms with Crippen LogP contribution in [0.1, 0.15) is 0 Å². The van der Waals surface area contributed by atoms with Crippen LogP contribution in [0, 0.1) is 0 Å². The zero-order valence-corrected chi connectivity index (χ0v) is 30.0. The molecule has 0 aliphatic carbocycles. The smallest absolute Gasteiger partial charge is 0.135 e. The minimum Gasteiger partial charge on any atom is -0.135 e. The van der Waals surface area contributed by atoms with Gasteiger partial charge in [0.25, 0.3) is 0 Å². The topological polar surface area (TPSA) is 0 Å². The van der Waals surface area contributed by atoms with Crippen molar-refractivity contribution in [2.45, 2.75) is 0 Å². The number of rotatable bonds is 4. The molecule has 1 aromatic heterocycles. The Labute approximate surface area is 302 Å². The molecule has 0 amide bonds. The minimum absolute atomic E-state index is 1.24. The van der Waals surface area contributed by atoms with E-state index in [-0.39, 0.29) is 0 Å². The molecule has 0 spiro atoms. The second-order valence-electron chi connectivity index (χ2n) is 13.7. The summed E-state index contributed by atoms with van der Waals surface area (Å²) < 4.78 is 2.64. The molecule has 0 aliphatic rings. The van der Waals surface area contributed by atoms with Gasteiger partial charge in [-0.3, -0.25) is 0 Å². The Hall–Kier alpha value is -5.18. The van der Waals surface area contributed by atoms with Crippen molar-refractivity contribution in [2.24, 2.45) is 0 Å². The van der Waals surface area contributed by atoms with Crippen molar-refractivity contribution in [1.82, 2.24) is 0 Å². The molecule has 1 heterocycles. The van der Waals surface area contributed by atoms with Gasteiger partial charge < -0.3 is 0 Å². The summed E-state index contributed by atoms with van der Waals surface area (Å²) in [4.78, 5) is 0. The van der Waals surface area contributed by atoms with E-state index in [0.29, 0.717) is 0 Å². The Kier molecular flexibility index (Phi) is 7.41. The van der Waals surface area contributed by atoms with Gasteiger partial charge in [0.15, 0.2) is 0 Å². The molecule has 0 nitrogen and oxygen atoms in total. The molecule has 9 aromatic rings. The quantitative estimate of drug-likeness (QED) is 0.197. The number of benzene rings is 8. The van der Waals surface area contributed by atoms with Gasteiger partial charge in [-0.15, -0.1) is 27.7 Å². The van der Waals surface area contributed by atoms with Gasteiger partial charge in [-0.05, 0) is 84.3 Å². The first-order chi connectivity index (χ1) is 24.4. The third kappa shape index (κ3) is 4.66. The Morgan fingerprint density at radius 1 is 0.320 bits per heavy atom. The first kappa shape index (κ1) is 30.9. The highest BCUT2D eigenvalue weighted by atomic mass is 32.1. The molecule has 0 N–H and O–H groups in total. The van der Waals surface area contributed by atoms with E-state index in [4.69, 9.17) is 0 Å². The summed E-state index contributed by atoms with van der Waals surface area (Å²) in [6.45, 7) is 0. The zero-order valence-electron chi connectivity index (χ0n) is 29.2. The predicted molar refractivity (Wildman–Crippen MR) is 237 cm³/mol. The fourth-order valence-corrected chi connectivity index (χ4v) is 9.50. The standard InChI is InChI=1S/C44H33B5S/c45-40-39(41(46)43(48)44(49)42(40)47)37-30-17-6-4-15-28(30)35(29-16-5-7-18-31(29)37)25-13-10-14-26(23-25)36-27(24-11-2-1-3-12-24)21-22-34-38(36)32-19-8-9-20-33(32)50-34/h1-23H,45-49H2. The van der Waals surface area contributed by atoms with Gasteiger partial charge in [0.2, 0.25) is 0 Å². The first-order valence-electron chi connectivity index (χ1n) is 17.5. The van der Waals surface area contributed by atoms with Crippen molar-refractivity contribution in [3.63, 3.8) is 0 Å². The van der Waals surface area contributed by atoms with Crippen molar-refractivity contribution < 1.29 is 0 Å². The molecule has 0 aliphatic heterocycles. The maximum atomic E-state index is 2.44. The fraction of sp³-hybridized carbons (Fsp3) is 0. The van der Waals surface area contributed by atoms with Crippen LogP contribution in [0.4, 0.5) is 0 Å². The monoisotopic (exact) mass is 648 g/mol. The number of hydrogen-bond acceptors (Lipinski definition) is 1. The normalized spacial score (nSPS) is 11.6. The molecule has 0 bridgehead atoms. The molecule has 230 valence electrons.